The van der Waals surface area contributed by atoms with E-state index in [-0.39, 0.29) is 12.0 Å². The first kappa shape index (κ1) is 31.1. The van der Waals surface area contributed by atoms with Gasteiger partial charge in [-0.1, -0.05) is 78.9 Å². The number of nitrogens with one attached hydrogen (secondary N) is 1. The first-order valence-corrected chi connectivity index (χ1v) is 14.6. The van der Waals surface area contributed by atoms with Crippen molar-refractivity contribution in [1.82, 2.24) is 15.1 Å². The molecule has 3 aromatic rings. The van der Waals surface area contributed by atoms with Crippen molar-refractivity contribution >= 4 is 12.1 Å². The molecule has 42 heavy (non-hydrogen) atoms. The zero-order chi connectivity index (χ0) is 30.1. The van der Waals surface area contributed by atoms with E-state index >= 15 is 0 Å². The minimum absolute atomic E-state index is 0.0615. The number of aliphatic carboxylic acids is 1. The normalized spacial score (nSPS) is 18.0. The number of carboxylic acids is 1. The third-order valence-electron chi connectivity index (χ3n) is 7.54. The van der Waals surface area contributed by atoms with Crippen LogP contribution < -0.4 is 10.1 Å². The number of nitrogens with zero attached hydrogens (tertiary/aromatic N) is 2. The molecule has 0 aromatic heterocycles. The number of hydrogen-bond donors (Lipinski definition) is 2. The lowest BCUT2D eigenvalue weighted by Crippen LogP contribution is -2.63. The highest BCUT2D eigenvalue weighted by atomic mass is 16.6. The van der Waals surface area contributed by atoms with E-state index in [4.69, 9.17) is 9.47 Å². The number of piperazine rings is 1. The molecule has 0 aliphatic carbocycles. The predicted octanol–water partition coefficient (Wildman–Crippen LogP) is 5.38. The summed E-state index contributed by atoms with van der Waals surface area (Å²) in [5, 5.41) is 13.3. The summed E-state index contributed by atoms with van der Waals surface area (Å²) in [7, 11) is 1.66. The highest BCUT2D eigenvalue weighted by molar-refractivity contribution is 5.74. The molecule has 0 bridgehead atoms. The van der Waals surface area contributed by atoms with Crippen LogP contribution in [0, 0.1) is 0 Å². The number of rotatable bonds is 11. The van der Waals surface area contributed by atoms with Crippen molar-refractivity contribution in [2.75, 3.05) is 33.3 Å². The van der Waals surface area contributed by atoms with Gasteiger partial charge in [0, 0.05) is 50.2 Å². The zero-order valence-electron chi connectivity index (χ0n) is 25.0. The minimum Gasteiger partial charge on any atom is -0.496 e. The topological polar surface area (TPSA) is 91.3 Å². The second-order valence-electron chi connectivity index (χ2n) is 11.7. The van der Waals surface area contributed by atoms with Gasteiger partial charge in [-0.3, -0.25) is 14.6 Å². The third kappa shape index (κ3) is 8.33. The Kier molecular flexibility index (Phi) is 10.6. The van der Waals surface area contributed by atoms with Gasteiger partial charge in [0.2, 0.25) is 0 Å². The van der Waals surface area contributed by atoms with Crippen LogP contribution in [0.2, 0.25) is 0 Å². The average Bonchev–Trinajstić information content (AvgIpc) is 2.96. The van der Waals surface area contributed by atoms with Gasteiger partial charge in [0.25, 0.3) is 0 Å². The van der Waals surface area contributed by atoms with Crippen LogP contribution >= 0.6 is 0 Å². The van der Waals surface area contributed by atoms with E-state index in [1.54, 1.807) is 7.11 Å². The van der Waals surface area contributed by atoms with Crippen molar-refractivity contribution in [3.8, 4) is 5.75 Å². The maximum atomic E-state index is 12.8. The second-order valence-corrected chi connectivity index (χ2v) is 11.7. The largest absolute Gasteiger partial charge is 0.496 e. The summed E-state index contributed by atoms with van der Waals surface area (Å²) in [5.41, 5.74) is 2.71. The fourth-order valence-corrected chi connectivity index (χ4v) is 5.79. The number of ether oxygens (including phenoxy) is 2. The summed E-state index contributed by atoms with van der Waals surface area (Å²) in [4.78, 5) is 29.4. The van der Waals surface area contributed by atoms with Gasteiger partial charge in [0.1, 0.15) is 17.4 Å². The van der Waals surface area contributed by atoms with Gasteiger partial charge in [0.15, 0.2) is 0 Å². The van der Waals surface area contributed by atoms with Crippen LogP contribution in [0.5, 0.6) is 5.75 Å². The molecule has 8 heteroatoms. The van der Waals surface area contributed by atoms with Gasteiger partial charge < -0.3 is 19.9 Å². The highest BCUT2D eigenvalue weighted by Crippen LogP contribution is 2.35. The molecule has 1 aliphatic heterocycles. The maximum absolute atomic E-state index is 12.8. The summed E-state index contributed by atoms with van der Waals surface area (Å²) in [5.74, 6) is -0.127. The lowest BCUT2D eigenvalue weighted by atomic mass is 9.82. The average molecular weight is 574 g/mol. The van der Waals surface area contributed by atoms with E-state index in [0.717, 1.165) is 22.4 Å². The Morgan fingerprint density at radius 2 is 1.52 bits per heavy atom. The molecule has 1 saturated heterocycles. The monoisotopic (exact) mass is 573 g/mol. The third-order valence-corrected chi connectivity index (χ3v) is 7.54. The van der Waals surface area contributed by atoms with Crippen molar-refractivity contribution in [1.29, 1.82) is 0 Å². The van der Waals surface area contributed by atoms with Crippen molar-refractivity contribution in [2.24, 2.45) is 0 Å². The molecule has 1 aliphatic rings. The minimum atomic E-state index is -0.857. The molecule has 224 valence electrons. The van der Waals surface area contributed by atoms with E-state index < -0.39 is 23.7 Å². The Hall–Kier alpha value is -3.88. The zero-order valence-corrected chi connectivity index (χ0v) is 25.0. The van der Waals surface area contributed by atoms with Crippen LogP contribution in [0.1, 0.15) is 49.8 Å². The molecule has 1 amide bonds. The fraction of sp³-hybridized carbons (Fsp3) is 0.412. The van der Waals surface area contributed by atoms with E-state index in [2.05, 4.69) is 39.4 Å². The molecule has 4 rings (SSSR count). The smallest absolute Gasteiger partial charge is 0.407 e. The Morgan fingerprint density at radius 1 is 0.929 bits per heavy atom. The van der Waals surface area contributed by atoms with Gasteiger partial charge in [-0.15, -0.1) is 0 Å². The van der Waals surface area contributed by atoms with Gasteiger partial charge in [-0.2, -0.15) is 0 Å². The van der Waals surface area contributed by atoms with Crippen molar-refractivity contribution in [3.05, 3.63) is 102 Å². The SMILES string of the molecule is COc1ccccc1CN1CC(C(c2ccccc2)c2ccccc2)N(CCCNC(=O)OC(C)(C)C)[C@@H](C(=O)O)C1. The van der Waals surface area contributed by atoms with Crippen molar-refractivity contribution in [2.45, 2.75) is 57.3 Å². The van der Waals surface area contributed by atoms with Gasteiger partial charge in [0.05, 0.1) is 7.11 Å². The number of carboxylic acid groups (broad SMARTS) is 1. The molecule has 3 aromatic carbocycles. The maximum Gasteiger partial charge on any atom is 0.407 e. The summed E-state index contributed by atoms with van der Waals surface area (Å²) in [6, 6.07) is 27.6. The molecular weight excluding hydrogens is 530 g/mol. The van der Waals surface area contributed by atoms with Gasteiger partial charge in [-0.25, -0.2) is 4.79 Å². The quantitative estimate of drug-likeness (QED) is 0.298. The van der Waals surface area contributed by atoms with E-state index in [9.17, 15) is 14.7 Å². The Bertz CT molecular complexity index is 1260. The number of carbonyl (C=O) groups excluding carboxylic acids is 1. The number of hydrogen-bond acceptors (Lipinski definition) is 6. The standard InChI is InChI=1S/C34H43N3O5/c1-34(2,3)42-33(40)35-20-13-21-37-28(31(25-14-7-5-8-15-25)26-16-9-6-10-17-26)23-36(24-29(37)32(38)39)22-27-18-11-12-19-30(27)41-4/h5-12,14-19,28-29,31H,13,20-24H2,1-4H3,(H,35,40)(H,38,39)/t28?,29-/m1/s1. The van der Waals surface area contributed by atoms with Gasteiger partial charge >= 0.3 is 12.1 Å². The fourth-order valence-electron chi connectivity index (χ4n) is 5.79. The molecule has 0 radical (unpaired) electrons. The predicted molar refractivity (Wildman–Crippen MR) is 164 cm³/mol. The Morgan fingerprint density at radius 3 is 2.10 bits per heavy atom. The van der Waals surface area contributed by atoms with E-state index in [1.807, 2.05) is 81.4 Å². The number of benzene rings is 3. The number of para-hydroxylation sites is 1. The molecule has 1 unspecified atom stereocenters. The van der Waals surface area contributed by atoms with Gasteiger partial charge in [-0.05, 0) is 44.4 Å². The van der Waals surface area contributed by atoms with Crippen LogP contribution in [0.4, 0.5) is 4.79 Å². The van der Waals surface area contributed by atoms with Crippen LogP contribution in [-0.2, 0) is 16.1 Å². The first-order valence-electron chi connectivity index (χ1n) is 14.6. The second kappa shape index (κ2) is 14.3. The lowest BCUT2D eigenvalue weighted by Gasteiger charge is -2.48. The van der Waals surface area contributed by atoms with Crippen molar-refractivity contribution < 1.29 is 24.2 Å². The van der Waals surface area contributed by atoms with Crippen LogP contribution in [-0.4, -0.2) is 77.9 Å². The number of methoxy groups -OCH3 is 1. The molecule has 0 saturated carbocycles. The Labute approximate surface area is 249 Å². The van der Waals surface area contributed by atoms with Crippen molar-refractivity contribution in [3.63, 3.8) is 0 Å². The summed E-state index contributed by atoms with van der Waals surface area (Å²) >= 11 is 0. The molecule has 2 atom stereocenters. The van der Waals surface area contributed by atoms with Crippen LogP contribution in [0.25, 0.3) is 0 Å². The molecule has 8 nitrogen and oxygen atoms in total. The lowest BCUT2D eigenvalue weighted by molar-refractivity contribution is -0.148. The van der Waals surface area contributed by atoms with E-state index in [0.29, 0.717) is 39.1 Å². The molecular formula is C34H43N3O5. The van der Waals surface area contributed by atoms with Crippen LogP contribution in [0.3, 0.4) is 0 Å². The highest BCUT2D eigenvalue weighted by Gasteiger charge is 2.42. The number of carbonyl (C=O) groups is 2. The van der Waals surface area contributed by atoms with E-state index in [1.165, 1.54) is 0 Å². The molecule has 2 N–H and O–H groups in total. The number of amides is 1. The van der Waals surface area contributed by atoms with Crippen LogP contribution in [0.15, 0.2) is 84.9 Å². The molecule has 0 spiro atoms. The molecule has 1 fully saturated rings. The first-order chi connectivity index (χ1) is 20.2. The summed E-state index contributed by atoms with van der Waals surface area (Å²) < 4.78 is 11.0. The number of alkyl carbamates (subject to hydrolysis) is 1. The molecule has 1 heterocycles. The summed E-state index contributed by atoms with van der Waals surface area (Å²) in [6.45, 7) is 7.99. The Balaban J connectivity index is 1.66. The summed E-state index contributed by atoms with van der Waals surface area (Å²) in [6.07, 6.45) is 0.115.